The zero-order chi connectivity index (χ0) is 13.3. The summed E-state index contributed by atoms with van der Waals surface area (Å²) < 4.78 is 13.5. The van der Waals surface area contributed by atoms with Gasteiger partial charge in [-0.3, -0.25) is 9.78 Å². The number of hydrogen-bond donors (Lipinski definition) is 0. The second-order valence-corrected chi connectivity index (χ2v) is 5.10. The van der Waals surface area contributed by atoms with E-state index in [-0.39, 0.29) is 11.6 Å². The van der Waals surface area contributed by atoms with Gasteiger partial charge >= 0.3 is 0 Å². The van der Waals surface area contributed by atoms with E-state index in [9.17, 15) is 9.18 Å². The summed E-state index contributed by atoms with van der Waals surface area (Å²) in [5, 5.41) is 0.660. The molecule has 0 unspecified atom stereocenters. The van der Waals surface area contributed by atoms with Crippen molar-refractivity contribution < 1.29 is 9.18 Å². The van der Waals surface area contributed by atoms with Crippen molar-refractivity contribution in [3.8, 4) is 0 Å². The predicted octanol–water partition coefficient (Wildman–Crippen LogP) is 3.99. The first-order valence-electron chi connectivity index (χ1n) is 6.05. The fraction of sp³-hybridized carbons (Fsp3) is 0.333. The van der Waals surface area contributed by atoms with Crippen LogP contribution in [0.4, 0.5) is 4.39 Å². The van der Waals surface area contributed by atoms with Gasteiger partial charge in [-0.1, -0.05) is 32.9 Å². The normalized spacial score (nSPS) is 11.8. The number of hydrogen-bond acceptors (Lipinski definition) is 2. The van der Waals surface area contributed by atoms with E-state index in [2.05, 4.69) is 4.98 Å². The molecule has 1 heterocycles. The lowest BCUT2D eigenvalue weighted by atomic mass is 9.82. The second-order valence-electron chi connectivity index (χ2n) is 5.10. The number of rotatable bonds is 3. The third kappa shape index (κ3) is 2.13. The molecule has 2 nitrogen and oxygen atoms in total. The molecule has 18 heavy (non-hydrogen) atoms. The number of Topliss-reactive ketones (excluding diaryl/α,β-unsaturated/α-hetero) is 1. The summed E-state index contributed by atoms with van der Waals surface area (Å²) in [5.41, 5.74) is 0.436. The molecule has 2 aromatic rings. The molecule has 0 radical (unpaired) electrons. The minimum absolute atomic E-state index is 0.0451. The minimum Gasteiger partial charge on any atom is -0.294 e. The number of aromatic nitrogens is 1. The Morgan fingerprint density at radius 1 is 1.39 bits per heavy atom. The van der Waals surface area contributed by atoms with Gasteiger partial charge in [-0.15, -0.1) is 0 Å². The second kappa shape index (κ2) is 4.48. The van der Waals surface area contributed by atoms with Crippen LogP contribution in [0.3, 0.4) is 0 Å². The van der Waals surface area contributed by atoms with Crippen LogP contribution in [0.1, 0.15) is 37.6 Å². The zero-order valence-corrected chi connectivity index (χ0v) is 10.8. The maximum absolute atomic E-state index is 13.5. The lowest BCUT2D eigenvalue weighted by Crippen LogP contribution is -2.23. The summed E-state index contributed by atoms with van der Waals surface area (Å²) in [5.74, 6) is -0.315. The third-order valence-electron chi connectivity index (χ3n) is 3.42. The van der Waals surface area contributed by atoms with Crippen molar-refractivity contribution in [3.63, 3.8) is 0 Å². The van der Waals surface area contributed by atoms with Crippen molar-refractivity contribution in [3.05, 3.63) is 41.8 Å². The molecule has 0 aliphatic carbocycles. The monoisotopic (exact) mass is 245 g/mol. The van der Waals surface area contributed by atoms with E-state index in [4.69, 9.17) is 0 Å². The Labute approximate surface area is 106 Å². The maximum Gasteiger partial charge on any atom is 0.170 e. The van der Waals surface area contributed by atoms with Crippen LogP contribution in [0.2, 0.25) is 0 Å². The van der Waals surface area contributed by atoms with Gasteiger partial charge < -0.3 is 0 Å². The third-order valence-corrected chi connectivity index (χ3v) is 3.42. The van der Waals surface area contributed by atoms with Gasteiger partial charge in [-0.2, -0.15) is 0 Å². The summed E-state index contributed by atoms with van der Waals surface area (Å²) in [6, 6.07) is 6.47. The van der Waals surface area contributed by atoms with Crippen LogP contribution in [0, 0.1) is 11.2 Å². The van der Waals surface area contributed by atoms with Gasteiger partial charge in [0, 0.05) is 22.6 Å². The van der Waals surface area contributed by atoms with E-state index in [0.717, 1.165) is 6.42 Å². The molecule has 0 saturated heterocycles. The topological polar surface area (TPSA) is 30.0 Å². The summed E-state index contributed by atoms with van der Waals surface area (Å²) in [4.78, 5) is 16.3. The van der Waals surface area contributed by atoms with E-state index in [1.165, 1.54) is 12.3 Å². The summed E-state index contributed by atoms with van der Waals surface area (Å²) in [6.07, 6.45) is 2.22. The Balaban J connectivity index is 2.52. The Hall–Kier alpha value is -1.77. The molecule has 0 amide bonds. The summed E-state index contributed by atoms with van der Waals surface area (Å²) in [6.45, 7) is 5.79. The summed E-state index contributed by atoms with van der Waals surface area (Å²) >= 11 is 0. The van der Waals surface area contributed by atoms with Crippen LogP contribution in [0.25, 0.3) is 10.9 Å². The Morgan fingerprint density at radius 3 is 2.78 bits per heavy atom. The van der Waals surface area contributed by atoms with E-state index in [1.54, 1.807) is 18.2 Å². The average molecular weight is 245 g/mol. The number of carbonyl (C=O) groups excluding carboxylic acids is 1. The van der Waals surface area contributed by atoms with Crippen LogP contribution in [-0.4, -0.2) is 10.8 Å². The molecule has 0 N–H and O–H groups in total. The number of nitrogens with zero attached hydrogens (tertiary/aromatic N) is 1. The highest BCUT2D eigenvalue weighted by Crippen LogP contribution is 2.26. The van der Waals surface area contributed by atoms with Crippen molar-refractivity contribution >= 4 is 16.7 Å². The Morgan fingerprint density at radius 2 is 2.11 bits per heavy atom. The number of pyridine rings is 1. The predicted molar refractivity (Wildman–Crippen MR) is 70.1 cm³/mol. The average Bonchev–Trinajstić information content (AvgIpc) is 2.37. The molecule has 0 fully saturated rings. The lowest BCUT2D eigenvalue weighted by molar-refractivity contribution is 0.0833. The molecule has 1 aromatic carbocycles. The molecule has 0 atom stereocenters. The standard InChI is InChI=1S/C15H16FNO/c1-4-15(2,3)14(18)11-8-10-6-5-7-12(16)13(10)17-9-11/h5-9H,4H2,1-3H3. The van der Waals surface area contributed by atoms with Crippen LogP contribution in [-0.2, 0) is 0 Å². The first-order valence-corrected chi connectivity index (χ1v) is 6.05. The van der Waals surface area contributed by atoms with Crippen molar-refractivity contribution in [2.45, 2.75) is 27.2 Å². The van der Waals surface area contributed by atoms with E-state index >= 15 is 0 Å². The quantitative estimate of drug-likeness (QED) is 0.765. The zero-order valence-electron chi connectivity index (χ0n) is 10.8. The first kappa shape index (κ1) is 12.7. The van der Waals surface area contributed by atoms with Crippen LogP contribution >= 0.6 is 0 Å². The van der Waals surface area contributed by atoms with Gasteiger partial charge in [0.2, 0.25) is 0 Å². The molecule has 1 aromatic heterocycles. The molecule has 0 aliphatic rings. The van der Waals surface area contributed by atoms with E-state index in [1.807, 2.05) is 20.8 Å². The number of benzene rings is 1. The Bertz CT molecular complexity index is 604. The van der Waals surface area contributed by atoms with Gasteiger partial charge in [0.05, 0.1) is 0 Å². The van der Waals surface area contributed by atoms with Crippen molar-refractivity contribution in [2.24, 2.45) is 5.41 Å². The van der Waals surface area contributed by atoms with Gasteiger partial charge in [0.1, 0.15) is 11.3 Å². The van der Waals surface area contributed by atoms with Gasteiger partial charge in [0.15, 0.2) is 5.78 Å². The van der Waals surface area contributed by atoms with Crippen LogP contribution in [0.5, 0.6) is 0 Å². The highest BCUT2D eigenvalue weighted by Gasteiger charge is 2.26. The highest BCUT2D eigenvalue weighted by atomic mass is 19.1. The fourth-order valence-electron chi connectivity index (χ4n) is 1.80. The first-order chi connectivity index (χ1) is 8.45. The number of ketones is 1. The molecule has 0 aliphatic heterocycles. The molecule has 0 bridgehead atoms. The molecule has 0 spiro atoms. The highest BCUT2D eigenvalue weighted by molar-refractivity contribution is 6.02. The van der Waals surface area contributed by atoms with E-state index < -0.39 is 5.41 Å². The van der Waals surface area contributed by atoms with Crippen molar-refractivity contribution in [1.29, 1.82) is 0 Å². The minimum atomic E-state index is -0.414. The maximum atomic E-state index is 13.5. The van der Waals surface area contributed by atoms with E-state index in [0.29, 0.717) is 16.5 Å². The molecule has 94 valence electrons. The number of halogens is 1. The van der Waals surface area contributed by atoms with Crippen LogP contribution in [0.15, 0.2) is 30.5 Å². The van der Waals surface area contributed by atoms with Crippen molar-refractivity contribution in [2.75, 3.05) is 0 Å². The molecular formula is C15H16FNO. The molecule has 2 rings (SSSR count). The van der Waals surface area contributed by atoms with Gasteiger partial charge in [-0.05, 0) is 18.6 Å². The lowest BCUT2D eigenvalue weighted by Gasteiger charge is -2.20. The fourth-order valence-corrected chi connectivity index (χ4v) is 1.80. The largest absolute Gasteiger partial charge is 0.294 e. The van der Waals surface area contributed by atoms with Crippen molar-refractivity contribution in [1.82, 2.24) is 4.98 Å². The van der Waals surface area contributed by atoms with Gasteiger partial charge in [-0.25, -0.2) is 4.39 Å². The molecule has 0 saturated carbocycles. The number of fused-ring (bicyclic) bond motifs is 1. The van der Waals surface area contributed by atoms with Gasteiger partial charge in [0.25, 0.3) is 0 Å². The number of carbonyl (C=O) groups is 1. The Kier molecular flexibility index (Phi) is 3.16. The number of para-hydroxylation sites is 1. The smallest absolute Gasteiger partial charge is 0.170 e. The van der Waals surface area contributed by atoms with Crippen LogP contribution < -0.4 is 0 Å². The molecule has 3 heteroatoms. The SMILES string of the molecule is CCC(C)(C)C(=O)c1cnc2c(F)cccc2c1. The summed E-state index contributed by atoms with van der Waals surface area (Å²) in [7, 11) is 0. The molecular weight excluding hydrogens is 229 g/mol.